The van der Waals surface area contributed by atoms with Gasteiger partial charge in [0.2, 0.25) is 0 Å². The molecule has 2 N–H and O–H groups in total. The van der Waals surface area contributed by atoms with Crippen molar-refractivity contribution in [3.8, 4) is 11.5 Å². The molecule has 1 aliphatic carbocycles. The number of rotatable bonds is 4. The Morgan fingerprint density at radius 3 is 2.74 bits per heavy atom. The molecule has 5 heteroatoms. The maximum Gasteiger partial charge on any atom is 0.179 e. The summed E-state index contributed by atoms with van der Waals surface area (Å²) < 4.78 is 11.0. The molecule has 104 valence electrons. The van der Waals surface area contributed by atoms with Crippen LogP contribution in [0.1, 0.15) is 24.8 Å². The molecule has 1 aliphatic heterocycles. The lowest BCUT2D eigenvalue weighted by atomic mass is 9.77. The molecule has 1 aromatic rings. The molecule has 1 saturated carbocycles. The van der Waals surface area contributed by atoms with Crippen LogP contribution < -0.4 is 14.8 Å². The van der Waals surface area contributed by atoms with Crippen LogP contribution in [0.4, 0.5) is 0 Å². The number of aliphatic hydroxyl groups is 1. The number of hydrogen-bond acceptors (Lipinski definition) is 4. The average molecular weight is 284 g/mol. The first-order valence-electron chi connectivity index (χ1n) is 6.66. The van der Waals surface area contributed by atoms with Crippen LogP contribution in [0, 0.1) is 0 Å². The van der Waals surface area contributed by atoms with Gasteiger partial charge in [0, 0.05) is 12.1 Å². The Morgan fingerprint density at radius 1 is 1.26 bits per heavy atom. The second kappa shape index (κ2) is 5.19. The van der Waals surface area contributed by atoms with Crippen molar-refractivity contribution in [2.75, 3.05) is 19.8 Å². The van der Waals surface area contributed by atoms with Gasteiger partial charge in [-0.2, -0.15) is 0 Å². The van der Waals surface area contributed by atoms with E-state index in [9.17, 15) is 5.11 Å². The second-order valence-electron chi connectivity index (χ2n) is 5.25. The van der Waals surface area contributed by atoms with E-state index in [-0.39, 0.29) is 12.1 Å². The summed E-state index contributed by atoms with van der Waals surface area (Å²) in [5, 5.41) is 13.4. The predicted octanol–water partition coefficient (Wildman–Crippen LogP) is 2.12. The monoisotopic (exact) mass is 283 g/mol. The van der Waals surface area contributed by atoms with Gasteiger partial charge in [0.15, 0.2) is 11.5 Å². The van der Waals surface area contributed by atoms with E-state index < -0.39 is 0 Å². The van der Waals surface area contributed by atoms with E-state index in [1.54, 1.807) is 0 Å². The summed E-state index contributed by atoms with van der Waals surface area (Å²) in [6, 6.07) is 3.85. The average Bonchev–Trinajstić information content (AvgIpc) is 2.38. The zero-order valence-corrected chi connectivity index (χ0v) is 11.5. The fraction of sp³-hybridized carbons (Fsp3) is 0.571. The Bertz CT molecular complexity index is 468. The SMILES string of the molecule is OCC1(NCc2cc(Cl)c3c(c2)OCCO3)CCC1. The summed E-state index contributed by atoms with van der Waals surface area (Å²) in [6.07, 6.45) is 3.24. The number of nitrogens with one attached hydrogen (secondary N) is 1. The van der Waals surface area contributed by atoms with Crippen LogP contribution in [0.15, 0.2) is 12.1 Å². The van der Waals surface area contributed by atoms with Gasteiger partial charge in [0.05, 0.1) is 11.6 Å². The highest BCUT2D eigenvalue weighted by molar-refractivity contribution is 6.32. The molecule has 19 heavy (non-hydrogen) atoms. The van der Waals surface area contributed by atoms with E-state index in [0.29, 0.717) is 36.3 Å². The first-order valence-corrected chi connectivity index (χ1v) is 7.04. The number of aliphatic hydroxyl groups excluding tert-OH is 1. The molecule has 0 aromatic heterocycles. The van der Waals surface area contributed by atoms with Crippen LogP contribution >= 0.6 is 11.6 Å². The molecule has 3 rings (SSSR count). The minimum atomic E-state index is -0.0975. The maximum atomic E-state index is 9.43. The van der Waals surface area contributed by atoms with Gasteiger partial charge in [-0.15, -0.1) is 0 Å². The van der Waals surface area contributed by atoms with Crippen molar-refractivity contribution >= 4 is 11.6 Å². The number of benzene rings is 1. The number of halogens is 1. The molecule has 4 nitrogen and oxygen atoms in total. The maximum absolute atomic E-state index is 9.43. The van der Waals surface area contributed by atoms with Gasteiger partial charge in [-0.1, -0.05) is 11.6 Å². The standard InChI is InChI=1S/C14H18ClNO3/c15-11-6-10(7-12-13(11)19-5-4-18-12)8-16-14(9-17)2-1-3-14/h6-7,16-17H,1-5,8-9H2. The van der Waals surface area contributed by atoms with E-state index in [4.69, 9.17) is 21.1 Å². The van der Waals surface area contributed by atoms with Crippen LogP contribution in [0.25, 0.3) is 0 Å². The highest BCUT2D eigenvalue weighted by Crippen LogP contribution is 2.38. The van der Waals surface area contributed by atoms with Gasteiger partial charge in [0.25, 0.3) is 0 Å². The Kier molecular flexibility index (Phi) is 3.56. The first kappa shape index (κ1) is 13.0. The first-order chi connectivity index (χ1) is 9.22. The molecule has 2 aliphatic rings. The summed E-state index contributed by atoms with van der Waals surface area (Å²) in [5.41, 5.74) is 0.952. The fourth-order valence-corrected chi connectivity index (χ4v) is 2.84. The Hall–Kier alpha value is -0.970. The molecule has 0 radical (unpaired) electrons. The molecule has 0 bridgehead atoms. The highest BCUT2D eigenvalue weighted by Gasteiger charge is 2.35. The van der Waals surface area contributed by atoms with E-state index in [2.05, 4.69) is 5.32 Å². The van der Waals surface area contributed by atoms with Crippen molar-refractivity contribution in [3.05, 3.63) is 22.7 Å². The minimum Gasteiger partial charge on any atom is -0.486 e. The van der Waals surface area contributed by atoms with E-state index in [1.807, 2.05) is 12.1 Å². The summed E-state index contributed by atoms with van der Waals surface area (Å²) in [6.45, 7) is 1.96. The van der Waals surface area contributed by atoms with Crippen molar-refractivity contribution in [1.82, 2.24) is 5.32 Å². The van der Waals surface area contributed by atoms with Gasteiger partial charge in [0.1, 0.15) is 13.2 Å². The Balaban J connectivity index is 1.73. The van der Waals surface area contributed by atoms with Gasteiger partial charge < -0.3 is 19.9 Å². The molecule has 0 amide bonds. The van der Waals surface area contributed by atoms with Crippen LogP contribution in [-0.4, -0.2) is 30.5 Å². The number of hydrogen-bond donors (Lipinski definition) is 2. The minimum absolute atomic E-state index is 0.0975. The van der Waals surface area contributed by atoms with E-state index in [1.165, 1.54) is 6.42 Å². The lowest BCUT2D eigenvalue weighted by molar-refractivity contribution is 0.0871. The van der Waals surface area contributed by atoms with Gasteiger partial charge in [-0.25, -0.2) is 0 Å². The van der Waals surface area contributed by atoms with Crippen molar-refractivity contribution < 1.29 is 14.6 Å². The number of ether oxygens (including phenoxy) is 2. The van der Waals surface area contributed by atoms with Gasteiger partial charge in [-0.3, -0.25) is 0 Å². The quantitative estimate of drug-likeness (QED) is 0.889. The fourth-order valence-electron chi connectivity index (χ4n) is 2.55. The Labute approximate surface area is 117 Å². The van der Waals surface area contributed by atoms with Crippen LogP contribution in [-0.2, 0) is 6.54 Å². The highest BCUT2D eigenvalue weighted by atomic mass is 35.5. The van der Waals surface area contributed by atoms with Crippen molar-refractivity contribution in [3.63, 3.8) is 0 Å². The molecular weight excluding hydrogens is 266 g/mol. The largest absolute Gasteiger partial charge is 0.486 e. The van der Waals surface area contributed by atoms with Crippen LogP contribution in [0.3, 0.4) is 0 Å². The summed E-state index contributed by atoms with van der Waals surface area (Å²) >= 11 is 6.20. The van der Waals surface area contributed by atoms with E-state index >= 15 is 0 Å². The van der Waals surface area contributed by atoms with E-state index in [0.717, 1.165) is 18.4 Å². The smallest absolute Gasteiger partial charge is 0.179 e. The molecule has 1 heterocycles. The lowest BCUT2D eigenvalue weighted by Crippen LogP contribution is -2.53. The summed E-state index contributed by atoms with van der Waals surface area (Å²) in [4.78, 5) is 0. The molecule has 1 fully saturated rings. The number of fused-ring (bicyclic) bond motifs is 1. The molecule has 0 spiro atoms. The molecule has 1 aromatic carbocycles. The predicted molar refractivity (Wildman–Crippen MR) is 72.9 cm³/mol. The van der Waals surface area contributed by atoms with Gasteiger partial charge >= 0.3 is 0 Å². The van der Waals surface area contributed by atoms with Crippen molar-refractivity contribution in [2.45, 2.75) is 31.3 Å². The van der Waals surface area contributed by atoms with Crippen LogP contribution in [0.5, 0.6) is 11.5 Å². The third-order valence-electron chi connectivity index (χ3n) is 3.94. The third kappa shape index (κ3) is 2.53. The van der Waals surface area contributed by atoms with Gasteiger partial charge in [-0.05, 0) is 37.0 Å². The molecule has 0 unspecified atom stereocenters. The van der Waals surface area contributed by atoms with Crippen molar-refractivity contribution in [1.29, 1.82) is 0 Å². The molecule has 0 atom stereocenters. The molecule has 0 saturated heterocycles. The summed E-state index contributed by atoms with van der Waals surface area (Å²) in [7, 11) is 0. The third-order valence-corrected chi connectivity index (χ3v) is 4.22. The van der Waals surface area contributed by atoms with Crippen LogP contribution in [0.2, 0.25) is 5.02 Å². The zero-order valence-electron chi connectivity index (χ0n) is 10.7. The topological polar surface area (TPSA) is 50.7 Å². The molecular formula is C14H18ClNO3. The Morgan fingerprint density at radius 2 is 2.05 bits per heavy atom. The lowest BCUT2D eigenvalue weighted by Gasteiger charge is -2.41. The summed E-state index contributed by atoms with van der Waals surface area (Å²) in [5.74, 6) is 1.35. The normalized spacial score (nSPS) is 19.9. The zero-order chi connectivity index (χ0) is 13.3. The second-order valence-corrected chi connectivity index (χ2v) is 5.65. The van der Waals surface area contributed by atoms with Crippen molar-refractivity contribution in [2.24, 2.45) is 0 Å².